The van der Waals surface area contributed by atoms with Crippen LogP contribution in [0.1, 0.15) is 47.6 Å². The second-order valence-electron chi connectivity index (χ2n) is 8.31. The van der Waals surface area contributed by atoms with Crippen LogP contribution in [0, 0.1) is 6.92 Å². The number of halogens is 2. The molecule has 0 aliphatic heterocycles. The highest BCUT2D eigenvalue weighted by molar-refractivity contribution is 7.15. The first-order valence-electron chi connectivity index (χ1n) is 11.4. The third-order valence-electron chi connectivity index (χ3n) is 5.30. The maximum Gasteiger partial charge on any atom is 0.333 e. The molecular formula is C26H28Cl2N2O5S. The first kappa shape index (κ1) is 27.9. The molecule has 3 rings (SSSR count). The number of ether oxygens (including phenoxy) is 2. The fourth-order valence-electron chi connectivity index (χ4n) is 3.67. The van der Waals surface area contributed by atoms with Gasteiger partial charge >= 0.3 is 5.97 Å². The highest BCUT2D eigenvalue weighted by atomic mass is 35.5. The van der Waals surface area contributed by atoms with E-state index in [1.165, 1.54) is 11.3 Å². The van der Waals surface area contributed by atoms with E-state index in [1.807, 2.05) is 6.92 Å². The predicted octanol–water partition coefficient (Wildman–Crippen LogP) is 6.22. The van der Waals surface area contributed by atoms with Crippen molar-refractivity contribution in [1.29, 1.82) is 0 Å². The zero-order chi connectivity index (χ0) is 26.4. The molecule has 36 heavy (non-hydrogen) atoms. The number of carbonyl (C=O) groups is 2. The third kappa shape index (κ3) is 6.97. The van der Waals surface area contributed by atoms with Crippen molar-refractivity contribution in [1.82, 2.24) is 10.3 Å². The second-order valence-corrected chi connectivity index (χ2v) is 10.4. The number of nitrogens with one attached hydrogen (secondary N) is 1. The Hall–Kier alpha value is -2.65. The van der Waals surface area contributed by atoms with Crippen molar-refractivity contribution in [3.63, 3.8) is 0 Å². The number of benzene rings is 2. The smallest absolute Gasteiger partial charge is 0.333 e. The predicted molar refractivity (Wildman–Crippen MR) is 143 cm³/mol. The van der Waals surface area contributed by atoms with Gasteiger partial charge in [0.2, 0.25) is 0 Å². The summed E-state index contributed by atoms with van der Waals surface area (Å²) in [5, 5.41) is 14.3. The van der Waals surface area contributed by atoms with Gasteiger partial charge in [-0.25, -0.2) is 9.78 Å². The molecule has 0 spiro atoms. The zero-order valence-corrected chi connectivity index (χ0v) is 22.7. The van der Waals surface area contributed by atoms with E-state index < -0.39 is 23.9 Å². The molecule has 0 saturated carbocycles. The van der Waals surface area contributed by atoms with Crippen LogP contribution in [0.5, 0.6) is 5.75 Å². The second kappa shape index (κ2) is 12.5. The van der Waals surface area contributed by atoms with Crippen LogP contribution in [0.2, 0.25) is 10.0 Å². The summed E-state index contributed by atoms with van der Waals surface area (Å²) < 4.78 is 11.2. The number of carbonyl (C=O) groups excluding carboxylic acids is 1. The number of amides is 1. The number of carboxylic acids is 1. The summed E-state index contributed by atoms with van der Waals surface area (Å²) in [5.74, 6) is -1.49. The van der Waals surface area contributed by atoms with E-state index in [0.717, 1.165) is 0 Å². The Kier molecular flexibility index (Phi) is 9.73. The van der Waals surface area contributed by atoms with E-state index in [2.05, 4.69) is 10.3 Å². The van der Waals surface area contributed by atoms with Crippen LogP contribution in [0.3, 0.4) is 0 Å². The number of carboxylic acid groups (broad SMARTS) is 1. The molecule has 0 radical (unpaired) electrons. The van der Waals surface area contributed by atoms with Gasteiger partial charge in [0.1, 0.15) is 16.5 Å². The summed E-state index contributed by atoms with van der Waals surface area (Å²) in [6.07, 6.45) is -1.48. The summed E-state index contributed by atoms with van der Waals surface area (Å²) in [6, 6.07) is 12.2. The molecule has 0 bridgehead atoms. The Morgan fingerprint density at radius 2 is 1.83 bits per heavy atom. The highest BCUT2D eigenvalue weighted by Crippen LogP contribution is 2.34. The van der Waals surface area contributed by atoms with E-state index in [-0.39, 0.29) is 18.3 Å². The number of hydrogen-bond donors (Lipinski definition) is 2. The summed E-state index contributed by atoms with van der Waals surface area (Å²) >= 11 is 13.6. The fraction of sp³-hybridized carbons (Fsp3) is 0.346. The first-order valence-corrected chi connectivity index (χ1v) is 13.0. The van der Waals surface area contributed by atoms with Gasteiger partial charge in [-0.15, -0.1) is 11.3 Å². The normalized spacial score (nSPS) is 12.9. The number of rotatable bonds is 11. The number of aromatic nitrogens is 1. The van der Waals surface area contributed by atoms with E-state index >= 15 is 0 Å². The largest absolute Gasteiger partial charge is 0.494 e. The number of hydrogen-bond acceptors (Lipinski definition) is 6. The summed E-state index contributed by atoms with van der Waals surface area (Å²) in [6.45, 7) is 7.77. The monoisotopic (exact) mass is 550 g/mol. The van der Waals surface area contributed by atoms with Gasteiger partial charge in [0.15, 0.2) is 6.10 Å². The van der Waals surface area contributed by atoms with Crippen molar-refractivity contribution in [3.05, 3.63) is 68.6 Å². The quantitative estimate of drug-likeness (QED) is 0.294. The van der Waals surface area contributed by atoms with Gasteiger partial charge in [0.25, 0.3) is 5.91 Å². The SMILES string of the molecule is CCOc1ccc(C(CNC(=O)c2nc(-c3ccc(Cl)cc3Cl)sc2C)C(OC(C)C)C(=O)O)cc1. The first-order chi connectivity index (χ1) is 17.1. The Labute approximate surface area is 224 Å². The van der Waals surface area contributed by atoms with Crippen LogP contribution in [0.15, 0.2) is 42.5 Å². The van der Waals surface area contributed by atoms with Gasteiger partial charge in [-0.05, 0) is 63.6 Å². The maximum absolute atomic E-state index is 13.1. The van der Waals surface area contributed by atoms with Crippen LogP contribution in [0.4, 0.5) is 0 Å². The summed E-state index contributed by atoms with van der Waals surface area (Å²) in [5.41, 5.74) is 1.63. The molecule has 3 aromatic rings. The maximum atomic E-state index is 13.1. The Morgan fingerprint density at radius 3 is 2.42 bits per heavy atom. The van der Waals surface area contributed by atoms with Crippen LogP contribution < -0.4 is 10.1 Å². The van der Waals surface area contributed by atoms with E-state index in [1.54, 1.807) is 63.2 Å². The number of nitrogens with zero attached hydrogens (tertiary/aromatic N) is 1. The fourth-order valence-corrected chi connectivity index (χ4v) is 5.17. The Bertz CT molecular complexity index is 1210. The van der Waals surface area contributed by atoms with E-state index in [4.69, 9.17) is 32.7 Å². The standard InChI is InChI=1S/C26H28Cl2N2O5S/c1-5-34-18-9-6-16(7-10-18)20(23(26(32)33)35-14(2)3)13-29-24(31)22-15(4)36-25(30-22)19-11-8-17(27)12-21(19)28/h6-12,14,20,23H,5,13H2,1-4H3,(H,29,31)(H,32,33). The highest BCUT2D eigenvalue weighted by Gasteiger charge is 2.32. The molecule has 0 saturated heterocycles. The van der Waals surface area contributed by atoms with Crippen molar-refractivity contribution < 1.29 is 24.2 Å². The van der Waals surface area contributed by atoms with Gasteiger partial charge in [-0.3, -0.25) is 4.79 Å². The number of aliphatic carboxylic acids is 1. The van der Waals surface area contributed by atoms with Gasteiger partial charge in [0, 0.05) is 27.9 Å². The molecule has 2 aromatic carbocycles. The third-order valence-corrected chi connectivity index (χ3v) is 6.85. The van der Waals surface area contributed by atoms with Gasteiger partial charge in [-0.1, -0.05) is 35.3 Å². The minimum absolute atomic E-state index is 0.0322. The molecule has 0 aliphatic rings. The molecule has 2 atom stereocenters. The van der Waals surface area contributed by atoms with Crippen LogP contribution in [-0.4, -0.2) is 47.3 Å². The molecule has 1 aromatic heterocycles. The lowest BCUT2D eigenvalue weighted by Crippen LogP contribution is -2.40. The molecule has 10 heteroatoms. The Balaban J connectivity index is 1.85. The Morgan fingerprint density at radius 1 is 1.14 bits per heavy atom. The van der Waals surface area contributed by atoms with Crippen LogP contribution >= 0.6 is 34.5 Å². The van der Waals surface area contributed by atoms with Crippen molar-refractivity contribution >= 4 is 46.4 Å². The minimum Gasteiger partial charge on any atom is -0.494 e. The van der Waals surface area contributed by atoms with Crippen molar-refractivity contribution in [2.24, 2.45) is 0 Å². The van der Waals surface area contributed by atoms with E-state index in [9.17, 15) is 14.7 Å². The van der Waals surface area contributed by atoms with Crippen LogP contribution in [-0.2, 0) is 9.53 Å². The van der Waals surface area contributed by atoms with Crippen LogP contribution in [0.25, 0.3) is 10.6 Å². The molecule has 0 aliphatic carbocycles. The summed E-state index contributed by atoms with van der Waals surface area (Å²) in [7, 11) is 0. The molecule has 2 N–H and O–H groups in total. The molecule has 0 fully saturated rings. The average Bonchev–Trinajstić information content (AvgIpc) is 3.20. The zero-order valence-electron chi connectivity index (χ0n) is 20.4. The average molecular weight is 551 g/mol. The molecule has 192 valence electrons. The summed E-state index contributed by atoms with van der Waals surface area (Å²) in [4.78, 5) is 30.4. The lowest BCUT2D eigenvalue weighted by molar-refractivity contribution is -0.155. The van der Waals surface area contributed by atoms with Gasteiger partial charge in [0.05, 0.1) is 17.7 Å². The van der Waals surface area contributed by atoms with Gasteiger partial charge in [-0.2, -0.15) is 0 Å². The number of aryl methyl sites for hydroxylation is 1. The van der Waals surface area contributed by atoms with E-state index in [0.29, 0.717) is 43.4 Å². The number of thiazole rings is 1. The molecule has 1 amide bonds. The lowest BCUT2D eigenvalue weighted by atomic mass is 9.92. The molecule has 1 heterocycles. The van der Waals surface area contributed by atoms with Crippen molar-refractivity contribution in [2.45, 2.75) is 45.8 Å². The molecular weight excluding hydrogens is 523 g/mol. The van der Waals surface area contributed by atoms with Crippen molar-refractivity contribution in [3.8, 4) is 16.3 Å². The molecule has 2 unspecified atom stereocenters. The van der Waals surface area contributed by atoms with Gasteiger partial charge < -0.3 is 19.9 Å². The minimum atomic E-state index is -1.16. The molecule has 7 nitrogen and oxygen atoms in total. The topological polar surface area (TPSA) is 97.8 Å². The van der Waals surface area contributed by atoms with Crippen molar-refractivity contribution in [2.75, 3.05) is 13.2 Å². The lowest BCUT2D eigenvalue weighted by Gasteiger charge is -2.26.